The van der Waals surface area contributed by atoms with E-state index in [-0.39, 0.29) is 5.91 Å². The number of aromatic nitrogens is 4. The molecule has 2 aromatic carbocycles. The molecule has 1 amide bonds. The van der Waals surface area contributed by atoms with Crippen LogP contribution in [0.2, 0.25) is 0 Å². The van der Waals surface area contributed by atoms with Gasteiger partial charge in [0.1, 0.15) is 5.75 Å². The highest BCUT2D eigenvalue weighted by Crippen LogP contribution is 2.36. The molecule has 0 unspecified atom stereocenters. The quantitative estimate of drug-likeness (QED) is 0.584. The molecule has 4 rings (SSSR count). The molecule has 1 fully saturated rings. The van der Waals surface area contributed by atoms with E-state index in [4.69, 9.17) is 4.74 Å². The first kappa shape index (κ1) is 18.5. The Bertz CT molecular complexity index is 936. The van der Waals surface area contributed by atoms with E-state index in [0.717, 1.165) is 40.6 Å². The minimum Gasteiger partial charge on any atom is -0.497 e. The van der Waals surface area contributed by atoms with Crippen LogP contribution in [0.25, 0.3) is 11.4 Å². The summed E-state index contributed by atoms with van der Waals surface area (Å²) in [6.07, 6.45) is 2.69. The van der Waals surface area contributed by atoms with Crippen molar-refractivity contribution in [2.45, 2.75) is 30.2 Å². The van der Waals surface area contributed by atoms with Crippen LogP contribution in [0.1, 0.15) is 25.3 Å². The van der Waals surface area contributed by atoms with Crippen LogP contribution in [0.3, 0.4) is 0 Å². The normalized spacial score (nSPS) is 13.3. The van der Waals surface area contributed by atoms with Gasteiger partial charge < -0.3 is 10.1 Å². The lowest BCUT2D eigenvalue weighted by atomic mass is 10.2. The topological polar surface area (TPSA) is 81.9 Å². The summed E-state index contributed by atoms with van der Waals surface area (Å²) in [5.74, 6) is 2.32. The Morgan fingerprint density at radius 2 is 1.93 bits per heavy atom. The van der Waals surface area contributed by atoms with Gasteiger partial charge in [-0.3, -0.25) is 4.79 Å². The minimum atomic E-state index is -0.00317. The zero-order valence-corrected chi connectivity index (χ0v) is 16.4. The molecule has 0 spiro atoms. The summed E-state index contributed by atoms with van der Waals surface area (Å²) in [5.41, 5.74) is 1.72. The summed E-state index contributed by atoms with van der Waals surface area (Å²) in [6, 6.07) is 15.9. The lowest BCUT2D eigenvalue weighted by Gasteiger charge is -2.07. The monoisotopic (exact) mass is 395 g/mol. The highest BCUT2D eigenvalue weighted by Gasteiger charge is 2.28. The van der Waals surface area contributed by atoms with Crippen molar-refractivity contribution in [3.63, 3.8) is 0 Å². The number of carbonyl (C=O) groups is 1. The molecule has 1 heterocycles. The fraction of sp³-hybridized carbons (Fsp3) is 0.300. The van der Waals surface area contributed by atoms with Crippen molar-refractivity contribution in [1.29, 1.82) is 0 Å². The van der Waals surface area contributed by atoms with Crippen molar-refractivity contribution < 1.29 is 9.53 Å². The van der Waals surface area contributed by atoms with Gasteiger partial charge in [0.25, 0.3) is 0 Å². The largest absolute Gasteiger partial charge is 0.497 e. The summed E-state index contributed by atoms with van der Waals surface area (Å²) < 4.78 is 7.02. The molecule has 1 saturated carbocycles. The molecule has 1 aliphatic rings. The smallest absolute Gasteiger partial charge is 0.225 e. The molecule has 3 aromatic rings. The van der Waals surface area contributed by atoms with E-state index >= 15 is 0 Å². The zero-order valence-electron chi connectivity index (χ0n) is 15.5. The first-order chi connectivity index (χ1) is 13.7. The molecule has 1 N–H and O–H groups in total. The van der Waals surface area contributed by atoms with Crippen LogP contribution in [-0.2, 0) is 4.79 Å². The third-order valence-electron chi connectivity index (χ3n) is 4.47. The fourth-order valence-corrected chi connectivity index (χ4v) is 3.66. The number of nitrogens with one attached hydrogen (secondary N) is 1. The Morgan fingerprint density at radius 3 is 2.61 bits per heavy atom. The molecule has 0 saturated heterocycles. The standard InChI is InChI=1S/C20H21N5O2S/c1-27-17-8-10-18(11-9-17)28-13-12-19(26)21-15-4-2-14(3-5-15)20-22-23-24-25(20)16-6-7-16/h2-5,8-11,16H,6-7,12-13H2,1H3,(H,21,26). The lowest BCUT2D eigenvalue weighted by molar-refractivity contribution is -0.115. The lowest BCUT2D eigenvalue weighted by Crippen LogP contribution is -2.12. The third kappa shape index (κ3) is 4.51. The van der Waals surface area contributed by atoms with E-state index in [1.165, 1.54) is 0 Å². The van der Waals surface area contributed by atoms with Gasteiger partial charge in [-0.25, -0.2) is 4.68 Å². The minimum absolute atomic E-state index is 0.00317. The van der Waals surface area contributed by atoms with Gasteiger partial charge in [-0.2, -0.15) is 0 Å². The van der Waals surface area contributed by atoms with Crippen LogP contribution >= 0.6 is 11.8 Å². The fourth-order valence-electron chi connectivity index (χ4n) is 2.81. The molecule has 0 radical (unpaired) electrons. The van der Waals surface area contributed by atoms with E-state index in [1.807, 2.05) is 53.2 Å². The Balaban J connectivity index is 1.27. The Labute approximate surface area is 167 Å². The Kier molecular flexibility index (Phi) is 5.57. The zero-order chi connectivity index (χ0) is 19.3. The van der Waals surface area contributed by atoms with Crippen LogP contribution in [0.4, 0.5) is 5.69 Å². The first-order valence-corrected chi connectivity index (χ1v) is 10.2. The van der Waals surface area contributed by atoms with E-state index in [1.54, 1.807) is 18.9 Å². The van der Waals surface area contributed by atoms with Crippen LogP contribution in [0, 0.1) is 0 Å². The molecule has 7 nitrogen and oxygen atoms in total. The number of tetrazole rings is 1. The molecule has 28 heavy (non-hydrogen) atoms. The summed E-state index contributed by atoms with van der Waals surface area (Å²) >= 11 is 1.65. The second kappa shape index (κ2) is 8.43. The number of benzene rings is 2. The van der Waals surface area contributed by atoms with Gasteiger partial charge in [0.15, 0.2) is 5.82 Å². The molecular formula is C20H21N5O2S. The summed E-state index contributed by atoms with van der Waals surface area (Å²) in [5, 5.41) is 14.9. The second-order valence-corrected chi connectivity index (χ2v) is 7.75. The number of thioether (sulfide) groups is 1. The number of ether oxygens (including phenoxy) is 1. The highest BCUT2D eigenvalue weighted by molar-refractivity contribution is 7.99. The molecule has 8 heteroatoms. The van der Waals surface area contributed by atoms with Gasteiger partial charge in [-0.1, -0.05) is 0 Å². The van der Waals surface area contributed by atoms with Crippen molar-refractivity contribution >= 4 is 23.4 Å². The van der Waals surface area contributed by atoms with Gasteiger partial charge in [-0.15, -0.1) is 16.9 Å². The maximum Gasteiger partial charge on any atom is 0.225 e. The molecule has 1 aliphatic carbocycles. The van der Waals surface area contributed by atoms with Gasteiger partial charge in [0.05, 0.1) is 13.2 Å². The maximum atomic E-state index is 12.2. The van der Waals surface area contributed by atoms with Crippen LogP contribution in [0.15, 0.2) is 53.4 Å². The molecule has 0 atom stereocenters. The molecule has 144 valence electrons. The van der Waals surface area contributed by atoms with E-state index in [9.17, 15) is 4.79 Å². The number of nitrogens with zero attached hydrogens (tertiary/aromatic N) is 4. The third-order valence-corrected chi connectivity index (χ3v) is 5.48. The van der Waals surface area contributed by atoms with Crippen molar-refractivity contribution in [1.82, 2.24) is 20.2 Å². The number of carbonyl (C=O) groups excluding carboxylic acids is 1. The Hall–Kier alpha value is -2.87. The molecular weight excluding hydrogens is 374 g/mol. The predicted octanol–water partition coefficient (Wildman–Crippen LogP) is 3.80. The van der Waals surface area contributed by atoms with Gasteiger partial charge >= 0.3 is 0 Å². The van der Waals surface area contributed by atoms with Crippen molar-refractivity contribution in [3.05, 3.63) is 48.5 Å². The highest BCUT2D eigenvalue weighted by atomic mass is 32.2. The van der Waals surface area contributed by atoms with Gasteiger partial charge in [0.2, 0.25) is 5.91 Å². The van der Waals surface area contributed by atoms with Crippen LogP contribution in [0.5, 0.6) is 5.75 Å². The number of hydrogen-bond donors (Lipinski definition) is 1. The average Bonchev–Trinajstić information content (AvgIpc) is 3.45. The van der Waals surface area contributed by atoms with Gasteiger partial charge in [-0.05, 0) is 71.8 Å². The van der Waals surface area contributed by atoms with Crippen molar-refractivity contribution in [2.75, 3.05) is 18.2 Å². The average molecular weight is 395 g/mol. The number of rotatable bonds is 8. The summed E-state index contributed by atoms with van der Waals surface area (Å²) in [6.45, 7) is 0. The summed E-state index contributed by atoms with van der Waals surface area (Å²) in [4.78, 5) is 13.3. The molecule has 0 bridgehead atoms. The van der Waals surface area contributed by atoms with Crippen molar-refractivity contribution in [2.24, 2.45) is 0 Å². The van der Waals surface area contributed by atoms with E-state index in [2.05, 4.69) is 20.8 Å². The Morgan fingerprint density at radius 1 is 1.18 bits per heavy atom. The summed E-state index contributed by atoms with van der Waals surface area (Å²) in [7, 11) is 1.65. The molecule has 1 aromatic heterocycles. The van der Waals surface area contributed by atoms with E-state index in [0.29, 0.717) is 18.2 Å². The van der Waals surface area contributed by atoms with Crippen molar-refractivity contribution in [3.8, 4) is 17.1 Å². The second-order valence-electron chi connectivity index (χ2n) is 6.58. The molecule has 0 aliphatic heterocycles. The number of anilines is 1. The number of hydrogen-bond acceptors (Lipinski definition) is 6. The van der Waals surface area contributed by atoms with Crippen LogP contribution in [-0.4, -0.2) is 39.0 Å². The van der Waals surface area contributed by atoms with E-state index < -0.39 is 0 Å². The first-order valence-electron chi connectivity index (χ1n) is 9.18. The van der Waals surface area contributed by atoms with Gasteiger partial charge in [0, 0.05) is 28.3 Å². The SMILES string of the molecule is COc1ccc(SCCC(=O)Nc2ccc(-c3nnnn3C3CC3)cc2)cc1. The predicted molar refractivity (Wildman–Crippen MR) is 108 cm³/mol. The van der Waals surface area contributed by atoms with Crippen LogP contribution < -0.4 is 10.1 Å². The number of amides is 1. The maximum absolute atomic E-state index is 12.2. The number of methoxy groups -OCH3 is 1.